The molecule has 3 unspecified atom stereocenters. The van der Waals surface area contributed by atoms with Gasteiger partial charge in [-0.15, -0.1) is 0 Å². The summed E-state index contributed by atoms with van der Waals surface area (Å²) in [5.74, 6) is 1.35. The highest BCUT2D eigenvalue weighted by Crippen LogP contribution is 2.47. The number of aliphatic hydroxyl groups excluding tert-OH is 1. The molecule has 0 radical (unpaired) electrons. The van der Waals surface area contributed by atoms with Gasteiger partial charge in [-0.05, 0) is 43.6 Å². The van der Waals surface area contributed by atoms with Gasteiger partial charge >= 0.3 is 0 Å². The Morgan fingerprint density at radius 1 is 1.50 bits per heavy atom. The highest BCUT2D eigenvalue weighted by Gasteiger charge is 2.41. The monoisotopic (exact) mass is 138 g/mol. The molecule has 2 aliphatic rings. The minimum Gasteiger partial charge on any atom is -0.388 e. The third kappa shape index (κ3) is 0.671. The third-order valence-electron chi connectivity index (χ3n) is 3.07. The zero-order chi connectivity index (χ0) is 7.14. The van der Waals surface area contributed by atoms with Crippen LogP contribution in [0.5, 0.6) is 0 Å². The van der Waals surface area contributed by atoms with Gasteiger partial charge in [-0.3, -0.25) is 0 Å². The van der Waals surface area contributed by atoms with Crippen LogP contribution < -0.4 is 0 Å². The van der Waals surface area contributed by atoms with E-state index in [1.165, 1.54) is 24.8 Å². The van der Waals surface area contributed by atoms with Gasteiger partial charge < -0.3 is 5.11 Å². The average Bonchev–Trinajstić information content (AvgIpc) is 2.46. The minimum absolute atomic E-state index is 0.0799. The van der Waals surface area contributed by atoms with Gasteiger partial charge in [0, 0.05) is 0 Å². The Morgan fingerprint density at radius 3 is 2.70 bits per heavy atom. The number of hydrogen-bond acceptors (Lipinski definition) is 1. The Kier molecular flexibility index (Phi) is 1.34. The van der Waals surface area contributed by atoms with E-state index in [1.807, 2.05) is 6.92 Å². The summed E-state index contributed by atoms with van der Waals surface area (Å²) < 4.78 is 0. The second kappa shape index (κ2) is 2.09. The molecule has 0 aromatic rings. The first-order valence-corrected chi connectivity index (χ1v) is 4.17. The van der Waals surface area contributed by atoms with Crippen molar-refractivity contribution < 1.29 is 5.11 Å². The summed E-state index contributed by atoms with van der Waals surface area (Å²) in [5, 5.41) is 9.61. The fourth-order valence-corrected chi connectivity index (χ4v) is 2.53. The SMILES string of the molecule is CC=C1C2CCC(C2)C1O. The molecule has 2 bridgehead atoms. The lowest BCUT2D eigenvalue weighted by molar-refractivity contribution is 0.153. The minimum atomic E-state index is -0.0799. The molecule has 2 rings (SSSR count). The molecule has 56 valence electrons. The van der Waals surface area contributed by atoms with Crippen LogP contribution >= 0.6 is 0 Å². The highest BCUT2D eigenvalue weighted by molar-refractivity contribution is 5.21. The quantitative estimate of drug-likeness (QED) is 0.505. The van der Waals surface area contributed by atoms with Gasteiger partial charge in [0.05, 0.1) is 6.10 Å². The predicted molar refractivity (Wildman–Crippen MR) is 40.6 cm³/mol. The summed E-state index contributed by atoms with van der Waals surface area (Å²) in [7, 11) is 0. The van der Waals surface area contributed by atoms with Gasteiger partial charge in [0.15, 0.2) is 0 Å². The van der Waals surface area contributed by atoms with Gasteiger partial charge in [-0.25, -0.2) is 0 Å². The molecule has 0 aromatic heterocycles. The van der Waals surface area contributed by atoms with Crippen molar-refractivity contribution in [3.63, 3.8) is 0 Å². The van der Waals surface area contributed by atoms with Crippen molar-refractivity contribution in [2.24, 2.45) is 11.8 Å². The molecule has 10 heavy (non-hydrogen) atoms. The first kappa shape index (κ1) is 6.41. The number of rotatable bonds is 0. The first-order valence-electron chi connectivity index (χ1n) is 4.17. The topological polar surface area (TPSA) is 20.2 Å². The fourth-order valence-electron chi connectivity index (χ4n) is 2.53. The lowest BCUT2D eigenvalue weighted by Gasteiger charge is -2.19. The largest absolute Gasteiger partial charge is 0.388 e. The predicted octanol–water partition coefficient (Wildman–Crippen LogP) is 1.72. The summed E-state index contributed by atoms with van der Waals surface area (Å²) in [4.78, 5) is 0. The third-order valence-corrected chi connectivity index (χ3v) is 3.07. The first-order chi connectivity index (χ1) is 4.83. The lowest BCUT2D eigenvalue weighted by Crippen LogP contribution is -2.18. The van der Waals surface area contributed by atoms with E-state index in [0.29, 0.717) is 5.92 Å². The van der Waals surface area contributed by atoms with E-state index in [4.69, 9.17) is 0 Å². The van der Waals surface area contributed by atoms with Crippen molar-refractivity contribution in [2.45, 2.75) is 32.3 Å². The van der Waals surface area contributed by atoms with Crippen molar-refractivity contribution in [2.75, 3.05) is 0 Å². The van der Waals surface area contributed by atoms with E-state index < -0.39 is 0 Å². The van der Waals surface area contributed by atoms with Gasteiger partial charge in [0.2, 0.25) is 0 Å². The molecule has 0 aliphatic heterocycles. The fraction of sp³-hybridized carbons (Fsp3) is 0.778. The smallest absolute Gasteiger partial charge is 0.0781 e. The van der Waals surface area contributed by atoms with Crippen LogP contribution in [0.4, 0.5) is 0 Å². The Bertz CT molecular complexity index is 168. The van der Waals surface area contributed by atoms with E-state index >= 15 is 0 Å². The molecule has 0 saturated heterocycles. The zero-order valence-corrected chi connectivity index (χ0v) is 6.38. The van der Waals surface area contributed by atoms with E-state index in [2.05, 4.69) is 6.08 Å². The summed E-state index contributed by atoms with van der Waals surface area (Å²) in [6.07, 6.45) is 5.85. The van der Waals surface area contributed by atoms with Crippen LogP contribution in [0, 0.1) is 11.8 Å². The molecule has 0 amide bonds. The van der Waals surface area contributed by atoms with Crippen molar-refractivity contribution >= 4 is 0 Å². The van der Waals surface area contributed by atoms with Crippen LogP contribution in [0.15, 0.2) is 11.6 Å². The standard InChI is InChI=1S/C9H14O/c1-2-8-6-3-4-7(5-6)9(8)10/h2,6-7,9-10H,3-5H2,1H3. The van der Waals surface area contributed by atoms with Crippen LogP contribution in [-0.4, -0.2) is 11.2 Å². The maximum Gasteiger partial charge on any atom is 0.0781 e. The van der Waals surface area contributed by atoms with Crippen LogP contribution in [0.1, 0.15) is 26.2 Å². The van der Waals surface area contributed by atoms with E-state index in [-0.39, 0.29) is 6.10 Å². The Balaban J connectivity index is 2.25. The highest BCUT2D eigenvalue weighted by atomic mass is 16.3. The van der Waals surface area contributed by atoms with Crippen LogP contribution in [0.3, 0.4) is 0 Å². The van der Waals surface area contributed by atoms with Crippen molar-refractivity contribution in [1.29, 1.82) is 0 Å². The summed E-state index contributed by atoms with van der Waals surface area (Å²) in [5.41, 5.74) is 1.32. The van der Waals surface area contributed by atoms with Crippen LogP contribution in [0.25, 0.3) is 0 Å². The van der Waals surface area contributed by atoms with Crippen LogP contribution in [0.2, 0.25) is 0 Å². The molecule has 2 saturated carbocycles. The summed E-state index contributed by atoms with van der Waals surface area (Å²) >= 11 is 0. The van der Waals surface area contributed by atoms with Crippen LogP contribution in [-0.2, 0) is 0 Å². The molecule has 1 heteroatoms. The second-order valence-corrected chi connectivity index (χ2v) is 3.50. The van der Waals surface area contributed by atoms with E-state index in [9.17, 15) is 5.11 Å². The molecule has 2 aliphatic carbocycles. The molecule has 1 N–H and O–H groups in total. The average molecular weight is 138 g/mol. The van der Waals surface area contributed by atoms with Crippen molar-refractivity contribution in [1.82, 2.24) is 0 Å². The molecule has 2 fully saturated rings. The molecular weight excluding hydrogens is 124 g/mol. The van der Waals surface area contributed by atoms with Gasteiger partial charge in [-0.1, -0.05) is 6.08 Å². The maximum absolute atomic E-state index is 9.61. The van der Waals surface area contributed by atoms with Gasteiger partial charge in [0.1, 0.15) is 0 Å². The Hall–Kier alpha value is -0.300. The normalized spacial score (nSPS) is 49.0. The molecule has 0 spiro atoms. The lowest BCUT2D eigenvalue weighted by atomic mass is 9.92. The van der Waals surface area contributed by atoms with Gasteiger partial charge in [0.25, 0.3) is 0 Å². The Labute approximate surface area is 61.8 Å². The van der Waals surface area contributed by atoms with Crippen molar-refractivity contribution in [3.8, 4) is 0 Å². The van der Waals surface area contributed by atoms with Gasteiger partial charge in [-0.2, -0.15) is 0 Å². The number of fused-ring (bicyclic) bond motifs is 2. The number of hydrogen-bond donors (Lipinski definition) is 1. The summed E-state index contributed by atoms with van der Waals surface area (Å²) in [6, 6.07) is 0. The molecule has 1 nitrogen and oxygen atoms in total. The Morgan fingerprint density at radius 2 is 2.30 bits per heavy atom. The van der Waals surface area contributed by atoms with Crippen molar-refractivity contribution in [3.05, 3.63) is 11.6 Å². The molecule has 0 heterocycles. The number of allylic oxidation sites excluding steroid dienone is 1. The summed E-state index contributed by atoms with van der Waals surface area (Å²) in [6.45, 7) is 2.04. The molecule has 3 atom stereocenters. The molecular formula is C9H14O. The zero-order valence-electron chi connectivity index (χ0n) is 6.38. The maximum atomic E-state index is 9.61. The number of aliphatic hydroxyl groups is 1. The molecule has 0 aromatic carbocycles. The van der Waals surface area contributed by atoms with E-state index in [1.54, 1.807) is 0 Å². The van der Waals surface area contributed by atoms with E-state index in [0.717, 1.165) is 5.92 Å². The second-order valence-electron chi connectivity index (χ2n) is 3.50.